The number of aldehydes is 1. The second-order valence-corrected chi connectivity index (χ2v) is 4.73. The van der Waals surface area contributed by atoms with Gasteiger partial charge in [0, 0.05) is 25.7 Å². The molecule has 2 aliphatic heterocycles. The Morgan fingerprint density at radius 1 is 1.28 bits per heavy atom. The predicted molar refractivity (Wildman–Crippen MR) is 60.1 cm³/mol. The second kappa shape index (κ2) is 5.99. The number of nitrogens with one attached hydrogen (secondary N) is 1. The molecule has 104 valence electrons. The lowest BCUT2D eigenvalue weighted by Crippen LogP contribution is -2.53. The van der Waals surface area contributed by atoms with Crippen LogP contribution in [0.4, 0.5) is 13.2 Å². The maximum atomic E-state index is 13.4. The van der Waals surface area contributed by atoms with Gasteiger partial charge < -0.3 is 10.1 Å². The highest BCUT2D eigenvalue weighted by Crippen LogP contribution is 2.25. The topological polar surface area (TPSA) is 35.6 Å². The molecule has 1 N–H and O–H groups in total. The highest BCUT2D eigenvalue weighted by atomic mass is 19.3. The molecule has 0 radical (unpaired) electrons. The van der Waals surface area contributed by atoms with E-state index < -0.39 is 18.9 Å². The van der Waals surface area contributed by atoms with Gasteiger partial charge in [0.25, 0.3) is 6.43 Å². The van der Waals surface area contributed by atoms with Gasteiger partial charge in [0.1, 0.15) is 6.17 Å². The van der Waals surface area contributed by atoms with E-state index in [4.69, 9.17) is 0 Å². The Labute approximate surface area is 104 Å². The zero-order chi connectivity index (χ0) is 13.1. The van der Waals surface area contributed by atoms with Crippen molar-refractivity contribution in [3.63, 3.8) is 0 Å². The van der Waals surface area contributed by atoms with Crippen molar-refractivity contribution in [3.8, 4) is 0 Å². The molecule has 3 unspecified atom stereocenters. The molecule has 0 aromatic carbocycles. The van der Waals surface area contributed by atoms with Crippen LogP contribution in [0.1, 0.15) is 12.8 Å². The number of carbonyl (C=O) groups is 1. The minimum atomic E-state index is -3.07. The van der Waals surface area contributed by atoms with Gasteiger partial charge in [-0.05, 0) is 19.4 Å². The van der Waals surface area contributed by atoms with Crippen molar-refractivity contribution in [1.82, 2.24) is 15.1 Å². The molecule has 2 fully saturated rings. The van der Waals surface area contributed by atoms with E-state index >= 15 is 0 Å². The first-order valence-electron chi connectivity index (χ1n) is 6.25. The summed E-state index contributed by atoms with van der Waals surface area (Å²) in [4.78, 5) is 13.9. The average Bonchev–Trinajstić information content (AvgIpc) is 2.82. The van der Waals surface area contributed by atoms with Crippen LogP contribution in [0.25, 0.3) is 0 Å². The highest BCUT2D eigenvalue weighted by Gasteiger charge is 2.42. The summed E-state index contributed by atoms with van der Waals surface area (Å²) in [6, 6.07) is 0.129. The van der Waals surface area contributed by atoms with Crippen LogP contribution in [0.3, 0.4) is 0 Å². The minimum absolute atomic E-state index is 0.129. The lowest BCUT2D eigenvalue weighted by atomic mass is 10.1. The van der Waals surface area contributed by atoms with E-state index in [1.54, 1.807) is 0 Å². The first kappa shape index (κ1) is 13.8. The Kier molecular flexibility index (Phi) is 4.58. The van der Waals surface area contributed by atoms with Crippen LogP contribution in [0.5, 0.6) is 0 Å². The predicted octanol–water partition coefficient (Wildman–Crippen LogP) is 0.442. The van der Waals surface area contributed by atoms with Crippen LogP contribution >= 0.6 is 0 Å². The molecule has 2 heterocycles. The number of carbonyl (C=O) groups excluding carboxylic acids is 1. The number of nitrogens with zero attached hydrogens (tertiary/aromatic N) is 2. The maximum absolute atomic E-state index is 13.4. The number of piperidine rings is 1. The van der Waals surface area contributed by atoms with Crippen molar-refractivity contribution >= 4 is 6.29 Å². The minimum Gasteiger partial charge on any atom is -0.315 e. The normalized spacial score (nSPS) is 32.9. The third-order valence-corrected chi connectivity index (χ3v) is 3.68. The van der Waals surface area contributed by atoms with E-state index in [1.807, 2.05) is 4.90 Å². The van der Waals surface area contributed by atoms with Crippen molar-refractivity contribution in [2.45, 2.75) is 37.8 Å². The average molecular weight is 265 g/mol. The second-order valence-electron chi connectivity index (χ2n) is 4.73. The number of alkyl halides is 3. The molecular weight excluding hydrogens is 247 g/mol. The molecule has 2 saturated heterocycles. The number of halogens is 3. The van der Waals surface area contributed by atoms with E-state index in [1.165, 1.54) is 0 Å². The lowest BCUT2D eigenvalue weighted by Gasteiger charge is -2.35. The van der Waals surface area contributed by atoms with Crippen molar-refractivity contribution in [3.05, 3.63) is 0 Å². The molecule has 2 aliphatic rings. The van der Waals surface area contributed by atoms with Crippen molar-refractivity contribution in [2.75, 3.05) is 26.2 Å². The first-order chi connectivity index (χ1) is 8.65. The van der Waals surface area contributed by atoms with Crippen LogP contribution in [-0.2, 0) is 4.79 Å². The Morgan fingerprint density at radius 3 is 2.61 bits per heavy atom. The van der Waals surface area contributed by atoms with Crippen molar-refractivity contribution in [2.24, 2.45) is 0 Å². The van der Waals surface area contributed by atoms with E-state index in [-0.39, 0.29) is 12.6 Å². The molecule has 2 rings (SSSR count). The third-order valence-electron chi connectivity index (χ3n) is 3.68. The van der Waals surface area contributed by atoms with E-state index in [0.29, 0.717) is 12.8 Å². The van der Waals surface area contributed by atoms with Crippen LogP contribution in [0.15, 0.2) is 0 Å². The van der Waals surface area contributed by atoms with E-state index in [0.717, 1.165) is 30.8 Å². The molecule has 0 amide bonds. The van der Waals surface area contributed by atoms with Gasteiger partial charge in [0.05, 0.1) is 0 Å². The van der Waals surface area contributed by atoms with E-state index in [9.17, 15) is 18.0 Å². The van der Waals surface area contributed by atoms with Crippen molar-refractivity contribution in [1.29, 1.82) is 0 Å². The Hall–Kier alpha value is -0.660. The van der Waals surface area contributed by atoms with Gasteiger partial charge in [-0.25, -0.2) is 18.1 Å². The summed E-state index contributed by atoms with van der Waals surface area (Å²) < 4.78 is 38.2. The smallest absolute Gasteiger partial charge is 0.282 e. The van der Waals surface area contributed by atoms with Gasteiger partial charge >= 0.3 is 0 Å². The Bertz CT molecular complexity index is 287. The molecule has 4 nitrogen and oxygen atoms in total. The lowest BCUT2D eigenvalue weighted by molar-refractivity contribution is -0.125. The largest absolute Gasteiger partial charge is 0.315 e. The van der Waals surface area contributed by atoms with Gasteiger partial charge in [-0.1, -0.05) is 0 Å². The molecule has 0 saturated carbocycles. The van der Waals surface area contributed by atoms with Crippen LogP contribution in [0, 0.1) is 0 Å². The zero-order valence-electron chi connectivity index (χ0n) is 10.1. The van der Waals surface area contributed by atoms with Gasteiger partial charge in [0.2, 0.25) is 6.30 Å². The molecule has 0 aliphatic carbocycles. The fourth-order valence-electron chi connectivity index (χ4n) is 2.77. The standard InChI is InChI=1S/C11H18F3N3O/c12-10(13)11(14)17-5-4-16(9(17)7-18)8-2-1-3-15-6-8/h7-11,15H,1-6H2. The summed E-state index contributed by atoms with van der Waals surface area (Å²) in [5, 5.41) is 3.21. The summed E-state index contributed by atoms with van der Waals surface area (Å²) in [5.41, 5.74) is 0. The SMILES string of the molecule is O=CC1N(C2CCCNC2)CCN1C(F)C(F)F. The van der Waals surface area contributed by atoms with Gasteiger partial charge in [-0.2, -0.15) is 0 Å². The molecule has 0 aromatic rings. The Morgan fingerprint density at radius 2 is 2.06 bits per heavy atom. The maximum Gasteiger partial charge on any atom is 0.282 e. The van der Waals surface area contributed by atoms with Crippen molar-refractivity contribution < 1.29 is 18.0 Å². The number of hydrogen-bond donors (Lipinski definition) is 1. The summed E-state index contributed by atoms with van der Waals surface area (Å²) in [5.74, 6) is 0. The van der Waals surface area contributed by atoms with Gasteiger partial charge in [-0.3, -0.25) is 4.90 Å². The quantitative estimate of drug-likeness (QED) is 0.591. The monoisotopic (exact) mass is 265 g/mol. The highest BCUT2D eigenvalue weighted by molar-refractivity contribution is 5.57. The Balaban J connectivity index is 2.03. The van der Waals surface area contributed by atoms with E-state index in [2.05, 4.69) is 5.32 Å². The molecule has 0 spiro atoms. The fourth-order valence-corrected chi connectivity index (χ4v) is 2.77. The summed E-state index contributed by atoms with van der Waals surface area (Å²) in [7, 11) is 0. The van der Waals surface area contributed by atoms with Crippen LogP contribution < -0.4 is 5.32 Å². The zero-order valence-corrected chi connectivity index (χ0v) is 10.1. The first-order valence-corrected chi connectivity index (χ1v) is 6.25. The summed E-state index contributed by atoms with van der Waals surface area (Å²) >= 11 is 0. The molecule has 18 heavy (non-hydrogen) atoms. The molecule has 3 atom stereocenters. The fraction of sp³-hybridized carbons (Fsp3) is 0.909. The molecular formula is C11H18F3N3O. The number of rotatable bonds is 4. The molecule has 0 bridgehead atoms. The van der Waals surface area contributed by atoms with Crippen LogP contribution in [-0.4, -0.2) is 67.2 Å². The number of hydrogen-bond acceptors (Lipinski definition) is 4. The van der Waals surface area contributed by atoms with Gasteiger partial charge in [-0.15, -0.1) is 0 Å². The molecule has 7 heteroatoms. The summed E-state index contributed by atoms with van der Waals surface area (Å²) in [6.45, 7) is 2.29. The molecule has 0 aromatic heterocycles. The van der Waals surface area contributed by atoms with Gasteiger partial charge in [0.15, 0.2) is 6.29 Å². The van der Waals surface area contributed by atoms with Crippen LogP contribution in [0.2, 0.25) is 0 Å². The summed E-state index contributed by atoms with van der Waals surface area (Å²) in [6.07, 6.45) is -3.83. The third kappa shape index (κ3) is 2.67.